The van der Waals surface area contributed by atoms with Crippen molar-refractivity contribution in [3.8, 4) is 20.9 Å². The third kappa shape index (κ3) is 2.10. The lowest BCUT2D eigenvalue weighted by molar-refractivity contribution is 1.62. The Balaban J connectivity index is 1.89. The first-order chi connectivity index (χ1) is 11.7. The van der Waals surface area contributed by atoms with Gasteiger partial charge in [-0.15, -0.1) is 22.7 Å². The van der Waals surface area contributed by atoms with E-state index >= 15 is 0 Å². The Morgan fingerprint density at radius 2 is 1.25 bits per heavy atom. The summed E-state index contributed by atoms with van der Waals surface area (Å²) in [4.78, 5) is 5.05. The lowest BCUT2D eigenvalue weighted by Crippen LogP contribution is -1.90. The fourth-order valence-electron chi connectivity index (χ4n) is 2.95. The van der Waals surface area contributed by atoms with Gasteiger partial charge in [-0.1, -0.05) is 0 Å². The van der Waals surface area contributed by atoms with E-state index in [9.17, 15) is 0 Å². The molecule has 4 aromatic rings. The van der Waals surface area contributed by atoms with Crippen molar-refractivity contribution in [3.05, 3.63) is 34.0 Å². The van der Waals surface area contributed by atoms with E-state index in [1.54, 1.807) is 22.7 Å². The van der Waals surface area contributed by atoms with E-state index in [-0.39, 0.29) is 0 Å². The molecule has 5 rings (SSSR count). The van der Waals surface area contributed by atoms with Crippen molar-refractivity contribution in [1.82, 2.24) is 8.75 Å². The minimum absolute atomic E-state index is 0.985. The molecule has 1 aliphatic heterocycles. The highest BCUT2D eigenvalue weighted by molar-refractivity contribution is 8.02. The first-order valence-electron chi connectivity index (χ1n) is 7.36. The molecule has 120 valence electrons. The van der Waals surface area contributed by atoms with Crippen LogP contribution in [0, 0.1) is 13.8 Å². The molecular formula is C16H12N4S4. The zero-order valence-electron chi connectivity index (χ0n) is 12.8. The minimum atomic E-state index is 0.985. The average Bonchev–Trinajstić information content (AvgIpc) is 3.31. The van der Waals surface area contributed by atoms with Gasteiger partial charge < -0.3 is 9.44 Å². The second-order valence-electron chi connectivity index (χ2n) is 5.59. The zero-order chi connectivity index (χ0) is 16.3. The third-order valence-electron chi connectivity index (χ3n) is 3.99. The maximum Gasteiger partial charge on any atom is 0.116 e. The zero-order valence-corrected chi connectivity index (χ0v) is 16.1. The first-order valence-corrected chi connectivity index (χ1v) is 10.5. The summed E-state index contributed by atoms with van der Waals surface area (Å²) in [7, 11) is 0. The van der Waals surface area contributed by atoms with Gasteiger partial charge in [0.05, 0.1) is 35.2 Å². The Hall–Kier alpha value is -1.61. The Morgan fingerprint density at radius 1 is 0.750 bits per heavy atom. The summed E-state index contributed by atoms with van der Waals surface area (Å²) in [6, 6.07) is 8.66. The summed E-state index contributed by atoms with van der Waals surface area (Å²) in [6.45, 7) is 4.27. The largest absolute Gasteiger partial charge is 0.309 e. The molecule has 0 spiro atoms. The summed E-state index contributed by atoms with van der Waals surface area (Å²) in [5, 5.41) is 0. The van der Waals surface area contributed by atoms with Crippen LogP contribution in [0.2, 0.25) is 0 Å². The smallest absolute Gasteiger partial charge is 0.116 e. The summed E-state index contributed by atoms with van der Waals surface area (Å²) < 4.78 is 16.1. The molecule has 24 heavy (non-hydrogen) atoms. The highest BCUT2D eigenvalue weighted by atomic mass is 32.2. The van der Waals surface area contributed by atoms with E-state index in [0.717, 1.165) is 33.5 Å². The van der Waals surface area contributed by atoms with Crippen LogP contribution in [0.25, 0.3) is 31.9 Å². The van der Waals surface area contributed by atoms with Crippen molar-refractivity contribution >= 4 is 68.9 Å². The predicted octanol–water partition coefficient (Wildman–Crippen LogP) is 6.17. The van der Waals surface area contributed by atoms with Gasteiger partial charge in [0.1, 0.15) is 11.0 Å². The van der Waals surface area contributed by atoms with Gasteiger partial charge in [-0.3, -0.25) is 0 Å². The topological polar surface area (TPSA) is 49.8 Å². The molecule has 1 aromatic carbocycles. The number of thiophene rings is 2. The SMILES string of the molecule is Cc1ccc(-c2c3c(c(-c4ccc(C)s4)c4nsnc24)NSN3)s1. The second-order valence-corrected chi connectivity index (χ2v) is 9.30. The summed E-state index contributed by atoms with van der Waals surface area (Å²) >= 11 is 6.37. The van der Waals surface area contributed by atoms with E-state index in [0.29, 0.717) is 0 Å². The lowest BCUT2D eigenvalue weighted by Gasteiger charge is -2.11. The number of anilines is 2. The number of hydrogen-bond donors (Lipinski definition) is 2. The summed E-state index contributed by atoms with van der Waals surface area (Å²) in [5.41, 5.74) is 6.51. The van der Waals surface area contributed by atoms with E-state index in [2.05, 4.69) is 56.3 Å². The van der Waals surface area contributed by atoms with Gasteiger partial charge in [-0.25, -0.2) is 0 Å². The number of aryl methyl sites for hydroxylation is 2. The Labute approximate surface area is 155 Å². The van der Waals surface area contributed by atoms with Crippen LogP contribution in [-0.4, -0.2) is 8.75 Å². The molecule has 0 saturated heterocycles. The normalized spacial score (nSPS) is 13.1. The van der Waals surface area contributed by atoms with Gasteiger partial charge in [-0.05, 0) is 38.1 Å². The molecule has 3 aromatic heterocycles. The molecule has 1 aliphatic rings. The van der Waals surface area contributed by atoms with Gasteiger partial charge in [0.15, 0.2) is 0 Å². The van der Waals surface area contributed by atoms with E-state index in [1.165, 1.54) is 43.4 Å². The van der Waals surface area contributed by atoms with Gasteiger partial charge in [0.2, 0.25) is 0 Å². The van der Waals surface area contributed by atoms with Gasteiger partial charge in [0, 0.05) is 30.6 Å². The van der Waals surface area contributed by atoms with E-state index in [1.807, 2.05) is 0 Å². The molecule has 0 aliphatic carbocycles. The predicted molar refractivity (Wildman–Crippen MR) is 108 cm³/mol. The maximum absolute atomic E-state index is 4.64. The van der Waals surface area contributed by atoms with Crippen molar-refractivity contribution in [2.24, 2.45) is 0 Å². The average molecular weight is 389 g/mol. The molecule has 0 atom stereocenters. The fraction of sp³-hybridized carbons (Fsp3) is 0.125. The van der Waals surface area contributed by atoms with Crippen LogP contribution in [0.1, 0.15) is 9.75 Å². The summed E-state index contributed by atoms with van der Waals surface area (Å²) in [6.07, 6.45) is 0. The number of nitrogens with zero attached hydrogens (tertiary/aromatic N) is 2. The quantitative estimate of drug-likeness (QED) is 0.402. The Bertz CT molecular complexity index is 993. The van der Waals surface area contributed by atoms with Crippen LogP contribution in [0.5, 0.6) is 0 Å². The van der Waals surface area contributed by atoms with E-state index in [4.69, 9.17) is 0 Å². The van der Waals surface area contributed by atoms with Crippen LogP contribution < -0.4 is 9.44 Å². The van der Waals surface area contributed by atoms with Crippen molar-refractivity contribution in [2.75, 3.05) is 9.44 Å². The van der Waals surface area contributed by atoms with Gasteiger partial charge in [0.25, 0.3) is 0 Å². The number of rotatable bonds is 2. The fourth-order valence-corrected chi connectivity index (χ4v) is 6.02. The minimum Gasteiger partial charge on any atom is -0.309 e. The van der Waals surface area contributed by atoms with Gasteiger partial charge >= 0.3 is 0 Å². The number of benzene rings is 1. The van der Waals surface area contributed by atoms with E-state index < -0.39 is 0 Å². The Morgan fingerprint density at radius 3 is 1.67 bits per heavy atom. The maximum atomic E-state index is 4.64. The number of nitrogens with one attached hydrogen (secondary N) is 2. The second kappa shape index (κ2) is 5.45. The third-order valence-corrected chi connectivity index (χ3v) is 7.17. The highest BCUT2D eigenvalue weighted by Gasteiger charge is 2.28. The lowest BCUT2D eigenvalue weighted by atomic mass is 10.0. The van der Waals surface area contributed by atoms with Crippen LogP contribution >= 0.6 is 46.5 Å². The molecule has 8 heteroatoms. The van der Waals surface area contributed by atoms with Crippen LogP contribution in [0.15, 0.2) is 24.3 Å². The van der Waals surface area contributed by atoms with Gasteiger partial charge in [-0.2, -0.15) is 8.75 Å². The molecule has 0 fully saturated rings. The highest BCUT2D eigenvalue weighted by Crippen LogP contribution is 2.53. The molecule has 2 N–H and O–H groups in total. The van der Waals surface area contributed by atoms with Crippen molar-refractivity contribution in [1.29, 1.82) is 0 Å². The first kappa shape index (κ1) is 14.7. The number of hydrogen-bond acceptors (Lipinski definition) is 8. The molecular weight excluding hydrogens is 376 g/mol. The molecule has 0 radical (unpaired) electrons. The molecule has 0 bridgehead atoms. The monoisotopic (exact) mass is 388 g/mol. The Kier molecular flexibility index (Phi) is 3.34. The van der Waals surface area contributed by atoms with Crippen molar-refractivity contribution in [2.45, 2.75) is 13.8 Å². The molecule has 4 heterocycles. The molecule has 0 amide bonds. The number of fused-ring (bicyclic) bond motifs is 2. The molecule has 0 saturated carbocycles. The van der Waals surface area contributed by atoms with Crippen LogP contribution in [0.3, 0.4) is 0 Å². The molecule has 0 unspecified atom stereocenters. The van der Waals surface area contributed by atoms with Crippen molar-refractivity contribution < 1.29 is 0 Å². The number of aromatic nitrogens is 2. The van der Waals surface area contributed by atoms with Crippen LogP contribution in [-0.2, 0) is 0 Å². The molecule has 4 nitrogen and oxygen atoms in total. The standard InChI is InChI=1S/C16H12N4S4/c1-7-3-5-9(21-7)11-13-15(19-23-17-13)12(10-6-4-8(2)22-10)16-14(11)18-24-20-16/h3-6,17,19H,1-2H3. The summed E-state index contributed by atoms with van der Waals surface area (Å²) in [5.74, 6) is 0. The van der Waals surface area contributed by atoms with Crippen molar-refractivity contribution in [3.63, 3.8) is 0 Å². The van der Waals surface area contributed by atoms with Crippen LogP contribution in [0.4, 0.5) is 11.4 Å².